The van der Waals surface area contributed by atoms with Crippen LogP contribution in [0.2, 0.25) is 0 Å². The van der Waals surface area contributed by atoms with Crippen LogP contribution in [0.5, 0.6) is 0 Å². The van der Waals surface area contributed by atoms with Crippen LogP contribution in [0.3, 0.4) is 0 Å². The summed E-state index contributed by atoms with van der Waals surface area (Å²) >= 11 is 0. The van der Waals surface area contributed by atoms with Crippen LogP contribution in [0.4, 0.5) is 0 Å². The van der Waals surface area contributed by atoms with Crippen LogP contribution in [0.1, 0.15) is 0 Å². The summed E-state index contributed by atoms with van der Waals surface area (Å²) in [6.45, 7) is 0. The van der Waals surface area contributed by atoms with E-state index in [0.29, 0.717) is 17.5 Å². The lowest BCUT2D eigenvalue weighted by atomic mass is 10.0. The van der Waals surface area contributed by atoms with Crippen LogP contribution < -0.4 is 0 Å². The molecule has 0 saturated carbocycles. The number of benzene rings is 9. The molecule has 0 aliphatic carbocycles. The van der Waals surface area contributed by atoms with E-state index >= 15 is 0 Å². The van der Waals surface area contributed by atoms with Crippen LogP contribution >= 0.6 is 0 Å². The van der Waals surface area contributed by atoms with Crippen molar-refractivity contribution in [1.82, 2.24) is 24.1 Å². The number of aromatic nitrogens is 5. The summed E-state index contributed by atoms with van der Waals surface area (Å²) in [4.78, 5) is 15.4. The Labute approximate surface area is 346 Å². The molecule has 0 amide bonds. The van der Waals surface area contributed by atoms with Gasteiger partial charge in [0.25, 0.3) is 0 Å². The topological polar surface area (TPSA) is 48.5 Å². The molecule has 0 saturated heterocycles. The molecule has 5 heteroatoms. The largest absolute Gasteiger partial charge is 0.309 e. The zero-order valence-electron chi connectivity index (χ0n) is 32.4. The second-order valence-corrected chi connectivity index (χ2v) is 15.3. The molecular formula is C55H35N5. The first-order chi connectivity index (χ1) is 29.7. The van der Waals surface area contributed by atoms with E-state index in [1.54, 1.807) is 0 Å². The van der Waals surface area contributed by atoms with Gasteiger partial charge in [-0.3, -0.25) is 0 Å². The highest BCUT2D eigenvalue weighted by Crippen LogP contribution is 2.39. The zero-order valence-corrected chi connectivity index (χ0v) is 32.4. The molecule has 0 fully saturated rings. The summed E-state index contributed by atoms with van der Waals surface area (Å²) in [5.41, 5.74) is 11.9. The maximum atomic E-state index is 5.21. The highest BCUT2D eigenvalue weighted by atomic mass is 15.0. The molecule has 0 unspecified atom stereocenters. The minimum Gasteiger partial charge on any atom is -0.309 e. The Balaban J connectivity index is 0.998. The molecule has 9 aromatic carbocycles. The van der Waals surface area contributed by atoms with Crippen LogP contribution in [-0.2, 0) is 0 Å². The van der Waals surface area contributed by atoms with E-state index in [2.05, 4.69) is 203 Å². The van der Waals surface area contributed by atoms with Crippen molar-refractivity contribution >= 4 is 54.4 Å². The lowest BCUT2D eigenvalue weighted by Gasteiger charge is -2.13. The number of nitrogens with zero attached hydrogens (tertiary/aromatic N) is 5. The van der Waals surface area contributed by atoms with Crippen LogP contribution in [0.15, 0.2) is 212 Å². The predicted molar refractivity (Wildman–Crippen MR) is 248 cm³/mol. The number of hydrogen-bond donors (Lipinski definition) is 0. The third-order valence-electron chi connectivity index (χ3n) is 11.7. The molecule has 0 N–H and O–H groups in total. The fourth-order valence-corrected chi connectivity index (χ4v) is 8.98. The molecule has 12 aromatic rings. The third-order valence-corrected chi connectivity index (χ3v) is 11.7. The first-order valence-corrected chi connectivity index (χ1v) is 20.3. The summed E-state index contributed by atoms with van der Waals surface area (Å²) in [6.07, 6.45) is 0. The lowest BCUT2D eigenvalue weighted by molar-refractivity contribution is 1.07. The van der Waals surface area contributed by atoms with Crippen LogP contribution in [0.25, 0.3) is 111 Å². The normalized spacial score (nSPS) is 11.7. The maximum Gasteiger partial charge on any atom is 0.164 e. The molecule has 12 rings (SSSR count). The summed E-state index contributed by atoms with van der Waals surface area (Å²) in [7, 11) is 0. The average molecular weight is 766 g/mol. The van der Waals surface area contributed by atoms with Gasteiger partial charge in [-0.25, -0.2) is 15.0 Å². The molecule has 0 aliphatic heterocycles. The third kappa shape index (κ3) is 5.52. The Morgan fingerprint density at radius 3 is 1.55 bits per heavy atom. The Hall–Kier alpha value is -8.15. The molecule has 5 nitrogen and oxygen atoms in total. The molecule has 0 radical (unpaired) electrons. The Bertz CT molecular complexity index is 3600. The van der Waals surface area contributed by atoms with Crippen LogP contribution in [-0.4, -0.2) is 24.1 Å². The van der Waals surface area contributed by atoms with Crippen molar-refractivity contribution in [3.05, 3.63) is 212 Å². The van der Waals surface area contributed by atoms with E-state index in [4.69, 9.17) is 15.0 Å². The average Bonchev–Trinajstić information content (AvgIpc) is 3.85. The van der Waals surface area contributed by atoms with Gasteiger partial charge in [-0.2, -0.15) is 0 Å². The monoisotopic (exact) mass is 765 g/mol. The molecule has 0 aliphatic rings. The molecule has 0 atom stereocenters. The summed E-state index contributed by atoms with van der Waals surface area (Å²) in [6, 6.07) is 75.1. The van der Waals surface area contributed by atoms with Gasteiger partial charge in [0.2, 0.25) is 0 Å². The van der Waals surface area contributed by atoms with Gasteiger partial charge in [-0.1, -0.05) is 152 Å². The Morgan fingerprint density at radius 2 is 0.783 bits per heavy atom. The Morgan fingerprint density at radius 1 is 0.267 bits per heavy atom. The molecule has 0 spiro atoms. The quantitative estimate of drug-likeness (QED) is 0.169. The van der Waals surface area contributed by atoms with Gasteiger partial charge < -0.3 is 9.13 Å². The van der Waals surface area contributed by atoms with Gasteiger partial charge in [-0.15, -0.1) is 0 Å². The summed E-state index contributed by atoms with van der Waals surface area (Å²) in [5.74, 6) is 1.88. The van der Waals surface area contributed by atoms with Gasteiger partial charge in [0.1, 0.15) is 0 Å². The molecule has 3 heterocycles. The second kappa shape index (κ2) is 13.8. The van der Waals surface area contributed by atoms with Crippen molar-refractivity contribution in [3.8, 4) is 56.7 Å². The number of fused-ring (bicyclic) bond motifs is 8. The summed E-state index contributed by atoms with van der Waals surface area (Å²) in [5, 5.41) is 7.28. The highest BCUT2D eigenvalue weighted by Gasteiger charge is 2.18. The minimum atomic E-state index is 0.623. The first kappa shape index (κ1) is 33.9. The van der Waals surface area contributed by atoms with Crippen molar-refractivity contribution in [2.45, 2.75) is 0 Å². The smallest absolute Gasteiger partial charge is 0.164 e. The lowest BCUT2D eigenvalue weighted by Crippen LogP contribution is -2.00. The van der Waals surface area contributed by atoms with Gasteiger partial charge in [-0.05, 0) is 77.2 Å². The zero-order chi connectivity index (χ0) is 39.6. The summed E-state index contributed by atoms with van der Waals surface area (Å²) < 4.78 is 4.74. The molecular weight excluding hydrogens is 731 g/mol. The predicted octanol–water partition coefficient (Wildman–Crippen LogP) is 13.9. The van der Waals surface area contributed by atoms with Crippen molar-refractivity contribution < 1.29 is 0 Å². The van der Waals surface area contributed by atoms with E-state index in [9.17, 15) is 0 Å². The molecule has 280 valence electrons. The molecule has 60 heavy (non-hydrogen) atoms. The van der Waals surface area contributed by atoms with Crippen molar-refractivity contribution in [2.24, 2.45) is 0 Å². The van der Waals surface area contributed by atoms with Crippen molar-refractivity contribution in [3.63, 3.8) is 0 Å². The van der Waals surface area contributed by atoms with E-state index in [-0.39, 0.29) is 0 Å². The highest BCUT2D eigenvalue weighted by molar-refractivity contribution is 6.18. The standard InChI is InChI=1S/C55H35N5/c1-3-16-37(17-4-1)53-56-54(58-55(57-53)41-30-32-51-48(35-41)46-26-10-11-27-49(46)59(51)42-21-5-2-6-22-42)40-20-13-18-38(33-40)39-19-14-23-43(34-39)60-50-28-12-9-25-45(50)47-31-29-36-15-7-8-24-44(36)52(47)60/h1-35H. The number of hydrogen-bond acceptors (Lipinski definition) is 3. The fraction of sp³-hybridized carbons (Fsp3) is 0. The van der Waals surface area contributed by atoms with Crippen molar-refractivity contribution in [1.29, 1.82) is 0 Å². The van der Waals surface area contributed by atoms with Gasteiger partial charge in [0, 0.05) is 55.0 Å². The van der Waals surface area contributed by atoms with Crippen LogP contribution in [0, 0.1) is 0 Å². The van der Waals surface area contributed by atoms with Crippen molar-refractivity contribution in [2.75, 3.05) is 0 Å². The van der Waals surface area contributed by atoms with E-state index in [0.717, 1.165) is 55.6 Å². The minimum absolute atomic E-state index is 0.623. The SMILES string of the molecule is c1ccc(-c2nc(-c3cccc(-c4cccc(-n5c6ccccc6c6ccc7ccccc7c65)c4)c3)nc(-c3ccc4c(c3)c3ccccc3n4-c3ccccc3)n2)cc1. The maximum absolute atomic E-state index is 5.21. The van der Waals surface area contributed by atoms with E-state index < -0.39 is 0 Å². The molecule has 0 bridgehead atoms. The molecule has 3 aromatic heterocycles. The van der Waals surface area contributed by atoms with E-state index in [1.807, 2.05) is 18.2 Å². The van der Waals surface area contributed by atoms with Gasteiger partial charge >= 0.3 is 0 Å². The van der Waals surface area contributed by atoms with Gasteiger partial charge in [0.15, 0.2) is 17.5 Å². The van der Waals surface area contributed by atoms with E-state index in [1.165, 1.54) is 38.0 Å². The number of para-hydroxylation sites is 3. The first-order valence-electron chi connectivity index (χ1n) is 20.3. The second-order valence-electron chi connectivity index (χ2n) is 15.3. The van der Waals surface area contributed by atoms with Gasteiger partial charge in [0.05, 0.1) is 22.1 Å². The Kier molecular flexibility index (Phi) is 7.78. The number of rotatable bonds is 6. The fourth-order valence-electron chi connectivity index (χ4n) is 8.98.